The van der Waals surface area contributed by atoms with E-state index in [2.05, 4.69) is 0 Å². The SMILES string of the molecule is NC[C@@H]1CCN(C(=O)[C@@H]2CCN(c3cc(F)cc(F)c3)C2=O)C1. The Balaban J connectivity index is 1.72. The van der Waals surface area contributed by atoms with E-state index in [1.54, 1.807) is 4.90 Å². The molecule has 2 heterocycles. The van der Waals surface area contributed by atoms with Crippen LogP contribution in [0.25, 0.3) is 0 Å². The van der Waals surface area contributed by atoms with Crippen molar-refractivity contribution >= 4 is 17.5 Å². The van der Waals surface area contributed by atoms with E-state index in [1.807, 2.05) is 0 Å². The van der Waals surface area contributed by atoms with Crippen molar-refractivity contribution in [1.29, 1.82) is 0 Å². The predicted octanol–water partition coefficient (Wildman–Crippen LogP) is 1.12. The standard InChI is InChI=1S/C16H19F2N3O2/c17-11-5-12(18)7-13(6-11)21-4-2-14(16(21)23)15(22)20-3-1-10(8-19)9-20/h5-7,10,14H,1-4,8-9,19H2/t10-,14-/m0/s1. The molecular weight excluding hydrogens is 304 g/mol. The van der Waals surface area contributed by atoms with Gasteiger partial charge in [-0.25, -0.2) is 8.78 Å². The highest BCUT2D eigenvalue weighted by atomic mass is 19.1. The van der Waals surface area contributed by atoms with Crippen LogP contribution in [0, 0.1) is 23.5 Å². The van der Waals surface area contributed by atoms with Crippen molar-refractivity contribution in [3.8, 4) is 0 Å². The number of hydrogen-bond acceptors (Lipinski definition) is 3. The fourth-order valence-electron chi connectivity index (χ4n) is 3.31. The lowest BCUT2D eigenvalue weighted by atomic mass is 10.1. The van der Waals surface area contributed by atoms with Crippen LogP contribution in [0.2, 0.25) is 0 Å². The van der Waals surface area contributed by atoms with Crippen LogP contribution in [-0.4, -0.2) is 42.9 Å². The molecule has 2 saturated heterocycles. The lowest BCUT2D eigenvalue weighted by Crippen LogP contribution is -2.39. The monoisotopic (exact) mass is 323 g/mol. The molecule has 7 heteroatoms. The molecule has 0 aromatic heterocycles. The summed E-state index contributed by atoms with van der Waals surface area (Å²) in [6.07, 6.45) is 1.21. The average Bonchev–Trinajstić information content (AvgIpc) is 3.12. The summed E-state index contributed by atoms with van der Waals surface area (Å²) in [4.78, 5) is 28.0. The zero-order valence-corrected chi connectivity index (χ0v) is 12.7. The van der Waals surface area contributed by atoms with Crippen LogP contribution >= 0.6 is 0 Å². The van der Waals surface area contributed by atoms with Gasteiger partial charge in [-0.15, -0.1) is 0 Å². The van der Waals surface area contributed by atoms with Gasteiger partial charge in [-0.05, 0) is 37.4 Å². The van der Waals surface area contributed by atoms with Crippen molar-refractivity contribution in [3.05, 3.63) is 29.8 Å². The predicted molar refractivity (Wildman–Crippen MR) is 80.6 cm³/mol. The van der Waals surface area contributed by atoms with Crippen molar-refractivity contribution in [1.82, 2.24) is 4.90 Å². The van der Waals surface area contributed by atoms with Crippen LogP contribution < -0.4 is 10.6 Å². The maximum Gasteiger partial charge on any atom is 0.239 e. The highest BCUT2D eigenvalue weighted by Gasteiger charge is 2.41. The Hall–Kier alpha value is -2.02. The third kappa shape index (κ3) is 3.06. The Kier molecular flexibility index (Phi) is 4.30. The minimum Gasteiger partial charge on any atom is -0.342 e. The molecule has 2 N–H and O–H groups in total. The van der Waals surface area contributed by atoms with Gasteiger partial charge in [-0.1, -0.05) is 0 Å². The molecule has 0 radical (unpaired) electrons. The molecule has 0 saturated carbocycles. The van der Waals surface area contributed by atoms with Crippen LogP contribution in [-0.2, 0) is 9.59 Å². The summed E-state index contributed by atoms with van der Waals surface area (Å²) in [6, 6.07) is 2.96. The van der Waals surface area contributed by atoms with E-state index in [4.69, 9.17) is 5.73 Å². The summed E-state index contributed by atoms with van der Waals surface area (Å²) in [5, 5.41) is 0. The molecule has 2 aliphatic heterocycles. The number of halogens is 2. The van der Waals surface area contributed by atoms with Crippen LogP contribution in [0.15, 0.2) is 18.2 Å². The molecule has 5 nitrogen and oxygen atoms in total. The van der Waals surface area contributed by atoms with Crippen LogP contribution in [0.5, 0.6) is 0 Å². The van der Waals surface area contributed by atoms with Gasteiger partial charge in [0.1, 0.15) is 17.6 Å². The smallest absolute Gasteiger partial charge is 0.239 e. The van der Waals surface area contributed by atoms with Gasteiger partial charge in [-0.3, -0.25) is 9.59 Å². The molecule has 1 aromatic rings. The molecular formula is C16H19F2N3O2. The minimum absolute atomic E-state index is 0.157. The van der Waals surface area contributed by atoms with Crippen molar-refractivity contribution in [2.45, 2.75) is 12.8 Å². The quantitative estimate of drug-likeness (QED) is 0.848. The molecule has 0 unspecified atom stereocenters. The van der Waals surface area contributed by atoms with E-state index in [9.17, 15) is 18.4 Å². The third-order valence-corrected chi connectivity index (χ3v) is 4.59. The van der Waals surface area contributed by atoms with Crippen LogP contribution in [0.3, 0.4) is 0 Å². The van der Waals surface area contributed by atoms with Crippen molar-refractivity contribution in [2.24, 2.45) is 17.6 Å². The van der Waals surface area contributed by atoms with E-state index in [0.29, 0.717) is 26.1 Å². The minimum atomic E-state index is -0.766. The van der Waals surface area contributed by atoms with E-state index in [1.165, 1.54) is 4.90 Å². The maximum absolute atomic E-state index is 13.3. The normalized spacial score (nSPS) is 24.6. The zero-order chi connectivity index (χ0) is 16.6. The first kappa shape index (κ1) is 15.9. The Morgan fingerprint density at radius 2 is 1.87 bits per heavy atom. The van der Waals surface area contributed by atoms with Gasteiger partial charge >= 0.3 is 0 Å². The average molecular weight is 323 g/mol. The van der Waals surface area contributed by atoms with Crippen LogP contribution in [0.1, 0.15) is 12.8 Å². The number of carbonyl (C=O) groups is 2. The molecule has 0 bridgehead atoms. The van der Waals surface area contributed by atoms with Gasteiger partial charge in [-0.2, -0.15) is 0 Å². The van der Waals surface area contributed by atoms with Crippen molar-refractivity contribution < 1.29 is 18.4 Å². The number of anilines is 1. The first-order valence-corrected chi connectivity index (χ1v) is 7.76. The van der Waals surface area contributed by atoms with E-state index < -0.39 is 23.5 Å². The molecule has 2 aliphatic rings. The van der Waals surface area contributed by atoms with Crippen molar-refractivity contribution in [2.75, 3.05) is 31.1 Å². The first-order chi connectivity index (χ1) is 11.0. The van der Waals surface area contributed by atoms with E-state index >= 15 is 0 Å². The second kappa shape index (κ2) is 6.23. The topological polar surface area (TPSA) is 66.6 Å². The van der Waals surface area contributed by atoms with Gasteiger partial charge in [0.25, 0.3) is 0 Å². The molecule has 2 fully saturated rings. The number of likely N-dealkylation sites (tertiary alicyclic amines) is 1. The number of benzene rings is 1. The fourth-order valence-corrected chi connectivity index (χ4v) is 3.31. The molecule has 2 amide bonds. The van der Waals surface area contributed by atoms with Crippen molar-refractivity contribution in [3.63, 3.8) is 0 Å². The second-order valence-electron chi connectivity index (χ2n) is 6.13. The Bertz CT molecular complexity index is 618. The van der Waals surface area contributed by atoms with E-state index in [-0.39, 0.29) is 24.1 Å². The van der Waals surface area contributed by atoms with Gasteiger partial charge in [0.15, 0.2) is 0 Å². The summed E-state index contributed by atoms with van der Waals surface area (Å²) in [5.74, 6) is -2.57. The number of hydrogen-bond donors (Lipinski definition) is 1. The maximum atomic E-state index is 13.3. The molecule has 124 valence electrons. The van der Waals surface area contributed by atoms with Crippen LogP contribution in [0.4, 0.5) is 14.5 Å². The lowest BCUT2D eigenvalue weighted by Gasteiger charge is -2.21. The zero-order valence-electron chi connectivity index (χ0n) is 12.7. The third-order valence-electron chi connectivity index (χ3n) is 4.59. The summed E-state index contributed by atoms with van der Waals surface area (Å²) in [5.41, 5.74) is 5.78. The van der Waals surface area contributed by atoms with Gasteiger partial charge in [0, 0.05) is 31.4 Å². The number of amides is 2. The molecule has 3 rings (SSSR count). The molecule has 0 aliphatic carbocycles. The summed E-state index contributed by atoms with van der Waals surface area (Å²) >= 11 is 0. The molecule has 0 spiro atoms. The summed E-state index contributed by atoms with van der Waals surface area (Å²) in [6.45, 7) is 2.00. The van der Waals surface area contributed by atoms with Gasteiger partial charge in [0.2, 0.25) is 11.8 Å². The van der Waals surface area contributed by atoms with Gasteiger partial charge < -0.3 is 15.5 Å². The number of rotatable bonds is 3. The second-order valence-corrected chi connectivity index (χ2v) is 6.13. The Labute approximate surface area is 133 Å². The first-order valence-electron chi connectivity index (χ1n) is 7.76. The van der Waals surface area contributed by atoms with E-state index in [0.717, 1.165) is 24.6 Å². The number of nitrogens with two attached hydrogens (primary N) is 1. The molecule has 2 atom stereocenters. The highest BCUT2D eigenvalue weighted by Crippen LogP contribution is 2.29. The number of nitrogens with zero attached hydrogens (tertiary/aromatic N) is 2. The van der Waals surface area contributed by atoms with Gasteiger partial charge in [0.05, 0.1) is 0 Å². The number of carbonyl (C=O) groups excluding carboxylic acids is 2. The molecule has 23 heavy (non-hydrogen) atoms. The fraction of sp³-hybridized carbons (Fsp3) is 0.500. The lowest BCUT2D eigenvalue weighted by molar-refractivity contribution is -0.139. The Morgan fingerprint density at radius 3 is 2.48 bits per heavy atom. The Morgan fingerprint density at radius 1 is 1.17 bits per heavy atom. The summed E-state index contributed by atoms with van der Waals surface area (Å²) < 4.78 is 26.7. The largest absolute Gasteiger partial charge is 0.342 e. The summed E-state index contributed by atoms with van der Waals surface area (Å²) in [7, 11) is 0. The highest BCUT2D eigenvalue weighted by molar-refractivity contribution is 6.09. The molecule has 1 aromatic carbocycles.